The van der Waals surface area contributed by atoms with E-state index >= 15 is 0 Å². The molecule has 0 saturated heterocycles. The van der Waals surface area contributed by atoms with Crippen LogP contribution in [-0.2, 0) is 20.4 Å². The molecule has 3 aromatic rings. The molecule has 208 valence electrons. The van der Waals surface area contributed by atoms with Gasteiger partial charge in [0.1, 0.15) is 0 Å². The van der Waals surface area contributed by atoms with Gasteiger partial charge in [-0.25, -0.2) is 8.42 Å². The maximum atomic E-state index is 13.3. The van der Waals surface area contributed by atoms with Crippen LogP contribution in [-0.4, -0.2) is 56.3 Å². The van der Waals surface area contributed by atoms with Gasteiger partial charge in [0, 0.05) is 35.7 Å². The van der Waals surface area contributed by atoms with Crippen molar-refractivity contribution >= 4 is 39.0 Å². The van der Waals surface area contributed by atoms with Gasteiger partial charge >= 0.3 is 0 Å². The average molecular weight is 560 g/mol. The van der Waals surface area contributed by atoms with Crippen molar-refractivity contribution in [1.29, 1.82) is 5.26 Å². The number of amides is 2. The van der Waals surface area contributed by atoms with Crippen LogP contribution >= 0.6 is 0 Å². The lowest BCUT2D eigenvalue weighted by molar-refractivity contribution is -0.110. The normalized spacial score (nSPS) is 13.8. The zero-order chi connectivity index (χ0) is 29.0. The van der Waals surface area contributed by atoms with Gasteiger partial charge in [-0.1, -0.05) is 32.0 Å². The summed E-state index contributed by atoms with van der Waals surface area (Å²) < 4.78 is 26.5. The molecule has 2 aromatic carbocycles. The fraction of sp³-hybridized carbons (Fsp3) is 0.300. The van der Waals surface area contributed by atoms with Crippen LogP contribution in [0.4, 0.5) is 5.69 Å². The standard InChI is InChI=1S/C30H33N5O4S/c1-5-35(6-2)14-13-32-30(37)28-19(3)27(33-20(28)4)16-25-24-15-23(11-12-26(24)34-29(25)36)40(38,39)18-22-10-8-7-9-21(22)17-31/h7-12,15-16,33H,5-6,13-14,18H2,1-4H3,(H,32,37)(H,34,36)/b25-16-. The summed E-state index contributed by atoms with van der Waals surface area (Å²) >= 11 is 0. The zero-order valence-corrected chi connectivity index (χ0v) is 23.9. The molecule has 1 aromatic heterocycles. The molecule has 0 saturated carbocycles. The number of carbonyl (C=O) groups excluding carboxylic acids is 2. The summed E-state index contributed by atoms with van der Waals surface area (Å²) in [7, 11) is -3.80. The molecule has 0 fully saturated rings. The number of aromatic amines is 1. The smallest absolute Gasteiger partial charge is 0.256 e. The van der Waals surface area contributed by atoms with Crippen LogP contribution in [0.15, 0.2) is 47.4 Å². The van der Waals surface area contributed by atoms with E-state index in [2.05, 4.69) is 34.4 Å². The third kappa shape index (κ3) is 5.86. The predicted octanol–water partition coefficient (Wildman–Crippen LogP) is 4.04. The molecule has 2 heterocycles. The van der Waals surface area contributed by atoms with E-state index in [1.807, 2.05) is 13.0 Å². The minimum absolute atomic E-state index is 0.0500. The lowest BCUT2D eigenvalue weighted by Gasteiger charge is -2.18. The van der Waals surface area contributed by atoms with Crippen molar-refractivity contribution in [2.24, 2.45) is 0 Å². The lowest BCUT2D eigenvalue weighted by atomic mass is 10.0. The van der Waals surface area contributed by atoms with Crippen LogP contribution in [0.2, 0.25) is 0 Å². The molecule has 10 heteroatoms. The van der Waals surface area contributed by atoms with Crippen LogP contribution in [0.25, 0.3) is 11.6 Å². The van der Waals surface area contributed by atoms with Gasteiger partial charge in [-0.05, 0) is 68.4 Å². The number of rotatable bonds is 10. The van der Waals surface area contributed by atoms with Crippen LogP contribution in [0.3, 0.4) is 0 Å². The Kier molecular flexibility index (Phi) is 8.57. The Morgan fingerprint density at radius 1 is 1.12 bits per heavy atom. The van der Waals surface area contributed by atoms with E-state index in [1.165, 1.54) is 12.1 Å². The van der Waals surface area contributed by atoms with E-state index in [0.29, 0.717) is 57.0 Å². The Balaban J connectivity index is 1.62. The second-order valence-electron chi connectivity index (χ2n) is 9.69. The minimum Gasteiger partial charge on any atom is -0.358 e. The van der Waals surface area contributed by atoms with Crippen molar-refractivity contribution < 1.29 is 18.0 Å². The topological polar surface area (TPSA) is 135 Å². The molecule has 9 nitrogen and oxygen atoms in total. The number of hydrogen-bond donors (Lipinski definition) is 3. The molecule has 40 heavy (non-hydrogen) atoms. The van der Waals surface area contributed by atoms with Crippen molar-refractivity contribution in [3.63, 3.8) is 0 Å². The van der Waals surface area contributed by atoms with Crippen LogP contribution < -0.4 is 10.6 Å². The number of hydrogen-bond acceptors (Lipinski definition) is 6. The summed E-state index contributed by atoms with van der Waals surface area (Å²) in [5.41, 5.74) is 4.46. The largest absolute Gasteiger partial charge is 0.358 e. The van der Waals surface area contributed by atoms with E-state index in [9.17, 15) is 23.3 Å². The first-order valence-electron chi connectivity index (χ1n) is 13.2. The third-order valence-electron chi connectivity index (χ3n) is 7.22. The molecule has 0 bridgehead atoms. The Labute approximate surface area is 234 Å². The minimum atomic E-state index is -3.80. The van der Waals surface area contributed by atoms with Crippen LogP contribution in [0.1, 0.15) is 57.8 Å². The summed E-state index contributed by atoms with van der Waals surface area (Å²) in [4.78, 5) is 31.4. The number of carbonyl (C=O) groups is 2. The Hall–Kier alpha value is -4.20. The Bertz CT molecular complexity index is 1640. The Morgan fingerprint density at radius 3 is 2.55 bits per heavy atom. The second-order valence-corrected chi connectivity index (χ2v) is 11.7. The van der Waals surface area contributed by atoms with Crippen LogP contribution in [0.5, 0.6) is 0 Å². The first-order chi connectivity index (χ1) is 19.1. The van der Waals surface area contributed by atoms with Crippen molar-refractivity contribution in [3.05, 3.63) is 81.7 Å². The Morgan fingerprint density at radius 2 is 1.85 bits per heavy atom. The number of aromatic nitrogens is 1. The molecule has 4 rings (SSSR count). The van der Waals surface area contributed by atoms with Gasteiger partial charge in [-0.3, -0.25) is 9.59 Å². The van der Waals surface area contributed by atoms with Crippen molar-refractivity contribution in [3.8, 4) is 6.07 Å². The highest BCUT2D eigenvalue weighted by Crippen LogP contribution is 2.36. The number of nitriles is 1. The molecule has 0 atom stereocenters. The molecule has 3 N–H and O–H groups in total. The quantitative estimate of drug-likeness (QED) is 0.321. The number of benzene rings is 2. The predicted molar refractivity (Wildman–Crippen MR) is 155 cm³/mol. The van der Waals surface area contributed by atoms with E-state index in [4.69, 9.17) is 0 Å². The van der Waals surface area contributed by atoms with Gasteiger partial charge in [0.25, 0.3) is 11.8 Å². The SMILES string of the molecule is CCN(CC)CCNC(=O)c1c(C)[nH]c(/C=C2\C(=O)Nc3ccc(S(=O)(=O)Cc4ccccc4C#N)cc32)c1C. The molecular formula is C30H33N5O4S. The fourth-order valence-electron chi connectivity index (χ4n) is 4.91. The second kappa shape index (κ2) is 11.9. The molecule has 1 aliphatic rings. The van der Waals surface area contributed by atoms with Gasteiger partial charge < -0.3 is 20.5 Å². The maximum absolute atomic E-state index is 13.3. The molecule has 0 aliphatic carbocycles. The number of nitrogens with zero attached hydrogens (tertiary/aromatic N) is 2. The number of nitrogens with one attached hydrogen (secondary N) is 3. The fourth-order valence-corrected chi connectivity index (χ4v) is 6.31. The molecule has 0 unspecified atom stereocenters. The molecule has 0 spiro atoms. The number of aryl methyl sites for hydroxylation is 1. The summed E-state index contributed by atoms with van der Waals surface area (Å²) in [6.07, 6.45) is 1.65. The highest BCUT2D eigenvalue weighted by Gasteiger charge is 2.28. The molecule has 0 radical (unpaired) electrons. The number of sulfone groups is 1. The number of likely N-dealkylation sites (N-methyl/N-ethyl adjacent to an activating group) is 1. The van der Waals surface area contributed by atoms with E-state index in [0.717, 1.165) is 19.6 Å². The number of H-pyrrole nitrogens is 1. The zero-order valence-electron chi connectivity index (χ0n) is 23.1. The number of anilines is 1. The maximum Gasteiger partial charge on any atom is 0.256 e. The van der Waals surface area contributed by atoms with Crippen LogP contribution in [0, 0.1) is 25.2 Å². The first-order valence-corrected chi connectivity index (χ1v) is 14.8. The van der Waals surface area contributed by atoms with Gasteiger partial charge in [0.2, 0.25) is 0 Å². The first kappa shape index (κ1) is 28.8. The highest BCUT2D eigenvalue weighted by molar-refractivity contribution is 7.90. The van der Waals surface area contributed by atoms with Gasteiger partial charge in [0.15, 0.2) is 9.84 Å². The van der Waals surface area contributed by atoms with Crippen molar-refractivity contribution in [1.82, 2.24) is 15.2 Å². The van der Waals surface area contributed by atoms with Gasteiger partial charge in [-0.2, -0.15) is 5.26 Å². The van der Waals surface area contributed by atoms with Crippen molar-refractivity contribution in [2.75, 3.05) is 31.5 Å². The lowest BCUT2D eigenvalue weighted by Crippen LogP contribution is -2.35. The van der Waals surface area contributed by atoms with E-state index in [1.54, 1.807) is 43.3 Å². The molecule has 1 aliphatic heterocycles. The van der Waals surface area contributed by atoms with Gasteiger partial charge in [-0.15, -0.1) is 0 Å². The number of fused-ring (bicyclic) bond motifs is 1. The molecule has 2 amide bonds. The monoisotopic (exact) mass is 559 g/mol. The summed E-state index contributed by atoms with van der Waals surface area (Å²) in [5.74, 6) is -0.890. The summed E-state index contributed by atoms with van der Waals surface area (Å²) in [6, 6.07) is 13.1. The van der Waals surface area contributed by atoms with Crippen molar-refractivity contribution in [2.45, 2.75) is 38.3 Å². The van der Waals surface area contributed by atoms with Gasteiger partial charge in [0.05, 0.1) is 33.4 Å². The van der Waals surface area contributed by atoms with E-state index in [-0.39, 0.29) is 22.5 Å². The third-order valence-corrected chi connectivity index (χ3v) is 8.88. The molecular weight excluding hydrogens is 526 g/mol. The van der Waals surface area contributed by atoms with E-state index < -0.39 is 9.84 Å². The summed E-state index contributed by atoms with van der Waals surface area (Å²) in [6.45, 7) is 10.9. The average Bonchev–Trinajstić information content (AvgIpc) is 3.40. The highest BCUT2D eigenvalue weighted by atomic mass is 32.2. The summed E-state index contributed by atoms with van der Waals surface area (Å²) in [5, 5.41) is 15.1.